The standard InChI is InChI=1S/C58H65N3O9/c1-3-5-34-66-57(65)61(39-45-26-18-25-43-23-12-13-27-47(43)45)53-37-51(60-68-40-42-21-10-7-11-22-42)49-35-44(24-14-16-31-62)48(28-15-17-32-63)54-50-36-46(69-56(64)59-38-41-19-8-6-9-20-41)29-30-52(50)70-58(53,55(49)54)67-33-4-2/h3-4,6-13,18-23,25-27,29-30,35-36,44,48,53-55,62-63H,1-2,5,14-17,24,28,31-34,37-40H2,(H,59,64). The molecule has 12 heteroatoms. The van der Waals surface area contributed by atoms with Crippen molar-refractivity contribution >= 4 is 28.7 Å². The second-order valence-electron chi connectivity index (χ2n) is 18.2. The van der Waals surface area contributed by atoms with Crippen LogP contribution in [-0.4, -0.2) is 71.3 Å². The molecule has 3 aliphatic rings. The summed E-state index contributed by atoms with van der Waals surface area (Å²) in [5, 5.41) is 30.0. The number of carbonyl (C=O) groups excluding carboxylic acids is 2. The number of allylic oxidation sites excluding steroid dienone is 1. The Bertz CT molecular complexity index is 2610. The summed E-state index contributed by atoms with van der Waals surface area (Å²) in [7, 11) is 0. The van der Waals surface area contributed by atoms with Crippen molar-refractivity contribution < 1.29 is 43.6 Å². The highest BCUT2D eigenvalue weighted by Crippen LogP contribution is 2.62. The van der Waals surface area contributed by atoms with Gasteiger partial charge in [0.15, 0.2) is 0 Å². The molecule has 366 valence electrons. The zero-order chi connectivity index (χ0) is 48.7. The van der Waals surface area contributed by atoms with Gasteiger partial charge in [-0.25, -0.2) is 9.59 Å². The number of hydrogen-bond donors (Lipinski definition) is 3. The highest BCUT2D eigenvalue weighted by molar-refractivity contribution is 6.03. The lowest BCUT2D eigenvalue weighted by atomic mass is 9.55. The largest absolute Gasteiger partial charge is 0.459 e. The van der Waals surface area contributed by atoms with E-state index in [4.69, 9.17) is 28.9 Å². The van der Waals surface area contributed by atoms with Crippen molar-refractivity contribution in [2.45, 2.75) is 88.8 Å². The average Bonchev–Trinajstić information content (AvgIpc) is 3.38. The molecule has 0 saturated heterocycles. The van der Waals surface area contributed by atoms with E-state index in [1.165, 1.54) is 0 Å². The van der Waals surface area contributed by atoms with Gasteiger partial charge in [0, 0.05) is 37.7 Å². The van der Waals surface area contributed by atoms with Crippen molar-refractivity contribution in [2.24, 2.45) is 22.9 Å². The van der Waals surface area contributed by atoms with E-state index in [0.717, 1.165) is 64.3 Å². The summed E-state index contributed by atoms with van der Waals surface area (Å²) in [4.78, 5) is 36.5. The summed E-state index contributed by atoms with van der Waals surface area (Å²) in [5.41, 5.74) is 5.15. The van der Waals surface area contributed by atoms with Gasteiger partial charge >= 0.3 is 12.2 Å². The van der Waals surface area contributed by atoms with Gasteiger partial charge in [0.1, 0.15) is 24.1 Å². The van der Waals surface area contributed by atoms with E-state index in [1.54, 1.807) is 23.1 Å². The smallest absolute Gasteiger partial charge is 0.412 e. The molecule has 8 rings (SSSR count). The molecular formula is C58H65N3O9. The minimum absolute atomic E-state index is 0.00480. The molecule has 6 atom stereocenters. The number of carbonyl (C=O) groups is 2. The van der Waals surface area contributed by atoms with E-state index in [-0.39, 0.29) is 63.8 Å². The van der Waals surface area contributed by atoms with Crippen molar-refractivity contribution in [3.8, 4) is 11.5 Å². The normalized spacial score (nSPS) is 21.6. The second kappa shape index (κ2) is 24.2. The Morgan fingerprint density at radius 3 is 2.33 bits per heavy atom. The molecule has 1 saturated carbocycles. The number of fused-ring (bicyclic) bond motifs is 3. The molecular weight excluding hydrogens is 883 g/mol. The Kier molecular flexibility index (Phi) is 17.2. The number of hydrogen-bond acceptors (Lipinski definition) is 10. The van der Waals surface area contributed by atoms with Gasteiger partial charge in [-0.1, -0.05) is 139 Å². The molecule has 2 aliphatic carbocycles. The third-order valence-corrected chi connectivity index (χ3v) is 13.8. The highest BCUT2D eigenvalue weighted by Gasteiger charge is 2.65. The third-order valence-electron chi connectivity index (χ3n) is 13.8. The van der Waals surface area contributed by atoms with Crippen LogP contribution in [0.2, 0.25) is 0 Å². The first-order valence-corrected chi connectivity index (χ1v) is 24.6. The topological polar surface area (TPSA) is 148 Å². The summed E-state index contributed by atoms with van der Waals surface area (Å²) in [6.45, 7) is 8.93. The number of nitrogens with zero attached hydrogens (tertiary/aromatic N) is 2. The maximum Gasteiger partial charge on any atom is 0.412 e. The lowest BCUT2D eigenvalue weighted by Gasteiger charge is -2.59. The van der Waals surface area contributed by atoms with Crippen LogP contribution in [-0.2, 0) is 34.0 Å². The number of benzene rings is 5. The van der Waals surface area contributed by atoms with Gasteiger partial charge in [-0.05, 0) is 95.2 Å². The van der Waals surface area contributed by atoms with E-state index < -0.39 is 29.9 Å². The first kappa shape index (κ1) is 49.7. The van der Waals surface area contributed by atoms with Crippen LogP contribution in [0.4, 0.5) is 9.59 Å². The van der Waals surface area contributed by atoms with Crippen LogP contribution in [0, 0.1) is 17.8 Å². The van der Waals surface area contributed by atoms with Crippen molar-refractivity contribution in [3.05, 3.63) is 181 Å². The molecule has 12 nitrogen and oxygen atoms in total. The molecule has 70 heavy (non-hydrogen) atoms. The van der Waals surface area contributed by atoms with Crippen molar-refractivity contribution in [1.29, 1.82) is 0 Å². The fourth-order valence-corrected chi connectivity index (χ4v) is 10.6. The number of unbranched alkanes of at least 4 members (excludes halogenated alkanes) is 2. The van der Waals surface area contributed by atoms with Crippen LogP contribution in [0.3, 0.4) is 0 Å². The van der Waals surface area contributed by atoms with E-state index >= 15 is 4.79 Å². The van der Waals surface area contributed by atoms with Crippen LogP contribution in [0.5, 0.6) is 11.5 Å². The molecule has 1 heterocycles. The number of nitrogens with one attached hydrogen (secondary N) is 1. The van der Waals surface area contributed by atoms with Crippen LogP contribution in [0.1, 0.15) is 79.5 Å². The number of rotatable bonds is 23. The maximum absolute atomic E-state index is 15.0. The lowest BCUT2D eigenvalue weighted by molar-refractivity contribution is -0.256. The van der Waals surface area contributed by atoms with Gasteiger partial charge in [0.25, 0.3) is 0 Å². The molecule has 0 bridgehead atoms. The Hall–Kier alpha value is -6.73. The van der Waals surface area contributed by atoms with Gasteiger partial charge < -0.3 is 39.3 Å². The van der Waals surface area contributed by atoms with Crippen molar-refractivity contribution in [1.82, 2.24) is 10.2 Å². The molecule has 5 aromatic rings. The van der Waals surface area contributed by atoms with E-state index in [2.05, 4.69) is 42.7 Å². The summed E-state index contributed by atoms with van der Waals surface area (Å²) in [5.74, 6) is -1.67. The maximum atomic E-state index is 15.0. The van der Waals surface area contributed by atoms with E-state index in [9.17, 15) is 15.0 Å². The lowest BCUT2D eigenvalue weighted by Crippen LogP contribution is -2.70. The van der Waals surface area contributed by atoms with E-state index in [0.29, 0.717) is 43.0 Å². The molecule has 1 fully saturated rings. The Balaban J connectivity index is 1.31. The summed E-state index contributed by atoms with van der Waals surface area (Å²) < 4.78 is 26.8. The molecule has 0 radical (unpaired) electrons. The quantitative estimate of drug-likeness (QED) is 0.0331. The van der Waals surface area contributed by atoms with Gasteiger partial charge in [-0.3, -0.25) is 4.90 Å². The summed E-state index contributed by atoms with van der Waals surface area (Å²) >= 11 is 0. The fourth-order valence-electron chi connectivity index (χ4n) is 10.6. The van der Waals surface area contributed by atoms with Crippen LogP contribution >= 0.6 is 0 Å². The summed E-state index contributed by atoms with van der Waals surface area (Å²) in [6.07, 6.45) is 9.48. The minimum atomic E-state index is -1.54. The SMILES string of the molecule is C=CCCOC(=O)N(Cc1cccc2ccccc12)C1CC(=NOCc2ccccc2)C2=CC(CCCCO)C(CCCCO)C3c4cc(OC(=O)NCc5ccccc5)ccc4OC1(OCC=C)C23. The molecule has 3 N–H and O–H groups in total. The van der Waals surface area contributed by atoms with Gasteiger partial charge in [-0.2, -0.15) is 0 Å². The predicted octanol–water partition coefficient (Wildman–Crippen LogP) is 11.2. The van der Waals surface area contributed by atoms with Crippen molar-refractivity contribution in [3.63, 3.8) is 0 Å². The number of aliphatic hydroxyl groups is 2. The van der Waals surface area contributed by atoms with Crippen LogP contribution in [0.15, 0.2) is 163 Å². The monoisotopic (exact) mass is 947 g/mol. The van der Waals surface area contributed by atoms with Crippen molar-refractivity contribution in [2.75, 3.05) is 26.4 Å². The minimum Gasteiger partial charge on any atom is -0.459 e. The molecule has 0 aromatic heterocycles. The zero-order valence-electron chi connectivity index (χ0n) is 39.8. The zero-order valence-corrected chi connectivity index (χ0v) is 39.8. The first-order valence-electron chi connectivity index (χ1n) is 24.6. The fraction of sp³-hybridized carbons (Fsp3) is 0.362. The third kappa shape index (κ3) is 11.5. The highest BCUT2D eigenvalue weighted by atomic mass is 16.7. The molecule has 2 amide bonds. The average molecular weight is 948 g/mol. The number of amides is 2. The number of aliphatic hydroxyl groups excluding tert-OH is 2. The van der Waals surface area contributed by atoms with Crippen LogP contribution in [0.25, 0.3) is 10.8 Å². The molecule has 5 aromatic carbocycles. The molecule has 0 spiro atoms. The Morgan fingerprint density at radius 2 is 1.57 bits per heavy atom. The number of oxime groups is 1. The summed E-state index contributed by atoms with van der Waals surface area (Å²) in [6, 6.07) is 38.3. The molecule has 1 aliphatic heterocycles. The Morgan fingerprint density at radius 1 is 0.843 bits per heavy atom. The first-order chi connectivity index (χ1) is 34.4. The number of ether oxygens (including phenoxy) is 4. The van der Waals surface area contributed by atoms with Crippen LogP contribution < -0.4 is 14.8 Å². The predicted molar refractivity (Wildman–Crippen MR) is 271 cm³/mol. The molecule has 6 unspecified atom stereocenters. The van der Waals surface area contributed by atoms with Gasteiger partial charge in [0.2, 0.25) is 5.79 Å². The Labute approximate surface area is 411 Å². The van der Waals surface area contributed by atoms with Gasteiger partial charge in [0.05, 0.1) is 31.4 Å². The van der Waals surface area contributed by atoms with E-state index in [1.807, 2.05) is 97.1 Å². The second-order valence-corrected chi connectivity index (χ2v) is 18.2. The van der Waals surface area contributed by atoms with Gasteiger partial charge in [-0.15, -0.1) is 13.2 Å².